The third kappa shape index (κ3) is 8.02. The highest BCUT2D eigenvalue weighted by atomic mass is 35.5. The fourth-order valence-electron chi connectivity index (χ4n) is 3.37. The Kier molecular flexibility index (Phi) is 11.4. The van der Waals surface area contributed by atoms with E-state index in [1.165, 1.54) is 11.8 Å². The van der Waals surface area contributed by atoms with Crippen LogP contribution in [0.25, 0.3) is 0 Å². The van der Waals surface area contributed by atoms with Crippen LogP contribution in [0.1, 0.15) is 49.8 Å². The van der Waals surface area contributed by atoms with E-state index in [1.54, 1.807) is 11.0 Å². The summed E-state index contributed by atoms with van der Waals surface area (Å²) < 4.78 is 0. The minimum absolute atomic E-state index is 0.0456. The third-order valence-corrected chi connectivity index (χ3v) is 7.02. The Morgan fingerprint density at radius 3 is 2.50 bits per heavy atom. The Bertz CT molecular complexity index is 907. The van der Waals surface area contributed by atoms with Gasteiger partial charge in [0.1, 0.15) is 6.04 Å². The molecule has 2 amide bonds. The number of nitrogens with zero attached hydrogens (tertiary/aromatic N) is 1. The Morgan fingerprint density at radius 1 is 1.09 bits per heavy atom. The predicted octanol–water partition coefficient (Wildman–Crippen LogP) is 6.26. The first-order valence-corrected chi connectivity index (χ1v) is 12.9. The van der Waals surface area contributed by atoms with Crippen LogP contribution in [0, 0.1) is 6.92 Å². The van der Waals surface area contributed by atoms with Crippen LogP contribution in [0.2, 0.25) is 10.0 Å². The van der Waals surface area contributed by atoms with Gasteiger partial charge in [-0.2, -0.15) is 0 Å². The molecular formula is C25H32Cl2N2O2S. The summed E-state index contributed by atoms with van der Waals surface area (Å²) in [6, 6.07) is 13.0. The maximum Gasteiger partial charge on any atom is 0.242 e. The number of unbranched alkanes of at least 4 members (excludes halogenated alkanes) is 1. The number of benzene rings is 2. The van der Waals surface area contributed by atoms with E-state index in [0.717, 1.165) is 29.5 Å². The van der Waals surface area contributed by atoms with Crippen molar-refractivity contribution in [3.8, 4) is 0 Å². The fourth-order valence-corrected chi connectivity index (χ4v) is 4.54. The normalized spacial score (nSPS) is 11.8. The van der Waals surface area contributed by atoms with Gasteiger partial charge in [0.25, 0.3) is 0 Å². The molecule has 174 valence electrons. The highest BCUT2D eigenvalue weighted by Crippen LogP contribution is 2.25. The number of carbonyl (C=O) groups is 2. The summed E-state index contributed by atoms with van der Waals surface area (Å²) in [5.74, 6) is 0.790. The van der Waals surface area contributed by atoms with E-state index < -0.39 is 6.04 Å². The van der Waals surface area contributed by atoms with Crippen molar-refractivity contribution in [2.45, 2.75) is 58.4 Å². The molecule has 0 bridgehead atoms. The fraction of sp³-hybridized carbons (Fsp3) is 0.440. The molecule has 0 saturated carbocycles. The topological polar surface area (TPSA) is 49.4 Å². The number of rotatable bonds is 12. The van der Waals surface area contributed by atoms with Crippen LogP contribution < -0.4 is 5.32 Å². The van der Waals surface area contributed by atoms with Gasteiger partial charge in [-0.1, -0.05) is 73.8 Å². The molecule has 32 heavy (non-hydrogen) atoms. The summed E-state index contributed by atoms with van der Waals surface area (Å²) in [5, 5.41) is 4.02. The lowest BCUT2D eigenvalue weighted by Crippen LogP contribution is -2.49. The molecule has 7 heteroatoms. The van der Waals surface area contributed by atoms with E-state index in [9.17, 15) is 9.59 Å². The maximum absolute atomic E-state index is 13.3. The number of aryl methyl sites for hydroxylation is 1. The van der Waals surface area contributed by atoms with Gasteiger partial charge in [-0.15, -0.1) is 11.8 Å². The summed E-state index contributed by atoms with van der Waals surface area (Å²) >= 11 is 13.6. The number of hydrogen-bond donors (Lipinski definition) is 1. The second kappa shape index (κ2) is 13.8. The molecule has 0 saturated heterocycles. The Hall–Kier alpha value is -1.69. The van der Waals surface area contributed by atoms with Gasteiger partial charge in [-0.05, 0) is 48.6 Å². The molecule has 4 nitrogen and oxygen atoms in total. The van der Waals surface area contributed by atoms with Crippen molar-refractivity contribution in [2.75, 3.05) is 12.3 Å². The van der Waals surface area contributed by atoms with Crippen molar-refractivity contribution in [1.82, 2.24) is 10.2 Å². The van der Waals surface area contributed by atoms with E-state index >= 15 is 0 Å². The average molecular weight is 496 g/mol. The Balaban J connectivity index is 2.12. The number of amides is 2. The zero-order valence-electron chi connectivity index (χ0n) is 19.0. The smallest absolute Gasteiger partial charge is 0.242 e. The molecule has 2 rings (SSSR count). The summed E-state index contributed by atoms with van der Waals surface area (Å²) in [6.07, 6.45) is 2.49. The van der Waals surface area contributed by atoms with Crippen LogP contribution in [0.15, 0.2) is 42.5 Å². The Morgan fingerprint density at radius 2 is 1.84 bits per heavy atom. The molecule has 0 unspecified atom stereocenters. The van der Waals surface area contributed by atoms with Crippen LogP contribution >= 0.6 is 35.0 Å². The van der Waals surface area contributed by atoms with Gasteiger partial charge in [0, 0.05) is 18.8 Å². The van der Waals surface area contributed by atoms with Gasteiger partial charge in [0.15, 0.2) is 0 Å². The molecule has 0 aliphatic heterocycles. The molecule has 0 aromatic heterocycles. The zero-order chi connectivity index (χ0) is 23.5. The highest BCUT2D eigenvalue weighted by molar-refractivity contribution is 7.99. The average Bonchev–Trinajstić information content (AvgIpc) is 2.77. The number of hydrogen-bond acceptors (Lipinski definition) is 3. The minimum Gasteiger partial charge on any atom is -0.354 e. The van der Waals surface area contributed by atoms with E-state index in [4.69, 9.17) is 23.2 Å². The second-order valence-electron chi connectivity index (χ2n) is 7.76. The van der Waals surface area contributed by atoms with Crippen molar-refractivity contribution >= 4 is 46.8 Å². The third-order valence-electron chi connectivity index (χ3n) is 5.30. The van der Waals surface area contributed by atoms with Gasteiger partial charge in [-0.3, -0.25) is 9.59 Å². The van der Waals surface area contributed by atoms with Gasteiger partial charge in [0.2, 0.25) is 11.8 Å². The molecule has 0 fully saturated rings. The first-order valence-electron chi connectivity index (χ1n) is 11.0. The van der Waals surface area contributed by atoms with Crippen LogP contribution in [-0.2, 0) is 21.9 Å². The highest BCUT2D eigenvalue weighted by Gasteiger charge is 2.28. The molecule has 0 heterocycles. The van der Waals surface area contributed by atoms with Crippen LogP contribution in [0.5, 0.6) is 0 Å². The van der Waals surface area contributed by atoms with Crippen molar-refractivity contribution in [3.05, 3.63) is 69.2 Å². The van der Waals surface area contributed by atoms with Gasteiger partial charge in [0.05, 0.1) is 15.8 Å². The summed E-state index contributed by atoms with van der Waals surface area (Å²) in [4.78, 5) is 27.9. The monoisotopic (exact) mass is 494 g/mol. The summed E-state index contributed by atoms with van der Waals surface area (Å²) in [7, 11) is 0. The molecule has 1 atom stereocenters. The molecule has 0 radical (unpaired) electrons. The van der Waals surface area contributed by atoms with E-state index in [-0.39, 0.29) is 17.6 Å². The van der Waals surface area contributed by atoms with Crippen molar-refractivity contribution in [2.24, 2.45) is 0 Å². The first-order chi connectivity index (χ1) is 15.4. The molecule has 0 aliphatic rings. The molecular weight excluding hydrogens is 463 g/mol. The molecule has 2 aromatic rings. The maximum atomic E-state index is 13.3. The second-order valence-corrected chi connectivity index (χ2v) is 9.56. The zero-order valence-corrected chi connectivity index (χ0v) is 21.3. The van der Waals surface area contributed by atoms with Gasteiger partial charge < -0.3 is 10.2 Å². The van der Waals surface area contributed by atoms with Crippen molar-refractivity contribution in [1.29, 1.82) is 0 Å². The van der Waals surface area contributed by atoms with E-state index in [2.05, 4.69) is 12.2 Å². The van der Waals surface area contributed by atoms with Crippen molar-refractivity contribution in [3.63, 3.8) is 0 Å². The molecule has 0 spiro atoms. The summed E-state index contributed by atoms with van der Waals surface area (Å²) in [6.45, 7) is 7.11. The van der Waals surface area contributed by atoms with Crippen LogP contribution in [0.3, 0.4) is 0 Å². The number of thioether (sulfide) groups is 1. The van der Waals surface area contributed by atoms with E-state index in [1.807, 2.05) is 50.2 Å². The van der Waals surface area contributed by atoms with Gasteiger partial charge >= 0.3 is 0 Å². The molecule has 1 N–H and O–H groups in total. The number of nitrogens with one attached hydrogen (secondary N) is 1. The SMILES string of the molecule is CCCCNC(=O)[C@H](CC)N(Cc1ccccc1C)C(=O)CSCc1ccc(Cl)c(Cl)c1. The molecule has 2 aromatic carbocycles. The minimum atomic E-state index is -0.496. The number of halogens is 2. The van der Waals surface area contributed by atoms with Crippen LogP contribution in [-0.4, -0.2) is 35.1 Å². The predicted molar refractivity (Wildman–Crippen MR) is 136 cm³/mol. The quantitative estimate of drug-likeness (QED) is 0.354. The first kappa shape index (κ1) is 26.6. The van der Waals surface area contributed by atoms with Gasteiger partial charge in [-0.25, -0.2) is 0 Å². The van der Waals surface area contributed by atoms with E-state index in [0.29, 0.717) is 35.3 Å². The van der Waals surface area contributed by atoms with Crippen molar-refractivity contribution < 1.29 is 9.59 Å². The van der Waals surface area contributed by atoms with Crippen LogP contribution in [0.4, 0.5) is 0 Å². The lowest BCUT2D eigenvalue weighted by molar-refractivity contribution is -0.139. The summed E-state index contributed by atoms with van der Waals surface area (Å²) in [5.41, 5.74) is 3.16. The largest absolute Gasteiger partial charge is 0.354 e. The molecule has 0 aliphatic carbocycles. The lowest BCUT2D eigenvalue weighted by atomic mass is 10.1. The Labute approximate surface area is 206 Å². The number of carbonyl (C=O) groups excluding carboxylic acids is 2. The lowest BCUT2D eigenvalue weighted by Gasteiger charge is -2.31. The standard InChI is InChI=1S/C25H32Cl2N2O2S/c1-4-6-13-28-25(31)23(5-2)29(15-20-10-8-7-9-18(20)3)24(30)17-32-16-19-11-12-21(26)22(27)14-19/h7-12,14,23H,4-6,13,15-17H2,1-3H3,(H,28,31)/t23-/m0/s1.